The molecular weight excluding hydrogens is 258 g/mol. The number of rotatable bonds is 5. The fourth-order valence-electron chi connectivity index (χ4n) is 2.58. The molecule has 0 aromatic carbocycles. The van der Waals surface area contributed by atoms with Gasteiger partial charge in [0.05, 0.1) is 12.1 Å². The zero-order valence-electron chi connectivity index (χ0n) is 12.4. The third kappa shape index (κ3) is 5.00. The summed E-state index contributed by atoms with van der Waals surface area (Å²) >= 11 is 0. The second-order valence-electron chi connectivity index (χ2n) is 5.69. The molecule has 0 aliphatic heterocycles. The van der Waals surface area contributed by atoms with Crippen LogP contribution in [0.2, 0.25) is 0 Å². The molecule has 3 amide bonds. The maximum atomic E-state index is 12.3. The first-order valence-electron chi connectivity index (χ1n) is 7.50. The molecule has 0 heterocycles. The van der Waals surface area contributed by atoms with Gasteiger partial charge in [-0.1, -0.05) is 39.5 Å². The second-order valence-corrected chi connectivity index (χ2v) is 5.69. The maximum absolute atomic E-state index is 12.3. The Hall–Kier alpha value is -1.30. The van der Waals surface area contributed by atoms with Gasteiger partial charge in [0.15, 0.2) is 0 Å². The lowest BCUT2D eigenvalue weighted by atomic mass is 9.97. The first-order chi connectivity index (χ1) is 9.45. The molecule has 6 nitrogen and oxygen atoms in total. The lowest BCUT2D eigenvalue weighted by Crippen LogP contribution is -2.55. The minimum absolute atomic E-state index is 0.00887. The van der Waals surface area contributed by atoms with Crippen LogP contribution in [-0.2, 0) is 4.79 Å². The Bertz CT molecular complexity index is 336. The number of aliphatic hydroxyl groups excluding tert-OH is 1. The molecule has 0 radical (unpaired) electrons. The van der Waals surface area contributed by atoms with Crippen molar-refractivity contribution in [2.75, 3.05) is 0 Å². The summed E-state index contributed by atoms with van der Waals surface area (Å²) < 4.78 is 0. The number of urea groups is 1. The van der Waals surface area contributed by atoms with E-state index in [0.717, 1.165) is 32.1 Å². The van der Waals surface area contributed by atoms with Crippen LogP contribution in [0.15, 0.2) is 0 Å². The average Bonchev–Trinajstić information content (AvgIpc) is 2.60. The number of amides is 3. The Morgan fingerprint density at radius 1 is 1.30 bits per heavy atom. The highest BCUT2D eigenvalue weighted by molar-refractivity contribution is 5.87. The molecule has 4 unspecified atom stereocenters. The van der Waals surface area contributed by atoms with Crippen molar-refractivity contribution in [3.8, 4) is 0 Å². The highest BCUT2D eigenvalue weighted by Crippen LogP contribution is 2.18. The summed E-state index contributed by atoms with van der Waals surface area (Å²) in [6.45, 7) is 3.85. The Kier molecular flexibility index (Phi) is 6.78. The third-order valence-electron chi connectivity index (χ3n) is 4.10. The summed E-state index contributed by atoms with van der Waals surface area (Å²) in [7, 11) is 0. The largest absolute Gasteiger partial charge is 0.391 e. The predicted molar refractivity (Wildman–Crippen MR) is 77.0 cm³/mol. The molecule has 1 aliphatic carbocycles. The van der Waals surface area contributed by atoms with Gasteiger partial charge in [0, 0.05) is 0 Å². The molecule has 116 valence electrons. The van der Waals surface area contributed by atoms with Gasteiger partial charge in [0.25, 0.3) is 0 Å². The fourth-order valence-corrected chi connectivity index (χ4v) is 2.58. The average molecular weight is 285 g/mol. The second kappa shape index (κ2) is 8.09. The Labute approximate surface area is 120 Å². The van der Waals surface area contributed by atoms with Crippen LogP contribution in [-0.4, -0.2) is 35.2 Å². The van der Waals surface area contributed by atoms with E-state index in [1.165, 1.54) is 0 Å². The summed E-state index contributed by atoms with van der Waals surface area (Å²) in [5, 5.41) is 15.4. The number of hydrogen-bond donors (Lipinski definition) is 4. The standard InChI is InChI=1S/C14H27N3O3/c1-3-9(2)12(17-14(15)20)13(19)16-10-7-5-4-6-8-11(10)18/h9-12,18H,3-8H2,1-2H3,(H,16,19)(H3,15,17,20). The van der Waals surface area contributed by atoms with Gasteiger partial charge in [0.2, 0.25) is 5.91 Å². The topological polar surface area (TPSA) is 104 Å². The van der Waals surface area contributed by atoms with E-state index < -0.39 is 18.2 Å². The monoisotopic (exact) mass is 285 g/mol. The van der Waals surface area contributed by atoms with E-state index in [0.29, 0.717) is 6.42 Å². The minimum Gasteiger partial charge on any atom is -0.391 e. The van der Waals surface area contributed by atoms with Crippen molar-refractivity contribution < 1.29 is 14.7 Å². The number of aliphatic hydroxyl groups is 1. The first kappa shape index (κ1) is 16.8. The minimum atomic E-state index is -0.702. The van der Waals surface area contributed by atoms with Gasteiger partial charge in [-0.15, -0.1) is 0 Å². The van der Waals surface area contributed by atoms with Crippen molar-refractivity contribution in [2.24, 2.45) is 11.7 Å². The van der Waals surface area contributed by atoms with Crippen molar-refractivity contribution in [1.29, 1.82) is 0 Å². The molecule has 1 aliphatic rings. The van der Waals surface area contributed by atoms with E-state index >= 15 is 0 Å². The molecule has 6 heteroatoms. The lowest BCUT2D eigenvalue weighted by molar-refractivity contribution is -0.125. The van der Waals surface area contributed by atoms with Crippen LogP contribution in [0.3, 0.4) is 0 Å². The number of primary amides is 1. The van der Waals surface area contributed by atoms with Crippen LogP contribution in [0.4, 0.5) is 4.79 Å². The molecule has 0 bridgehead atoms. The fraction of sp³-hybridized carbons (Fsp3) is 0.857. The Morgan fingerprint density at radius 2 is 1.95 bits per heavy atom. The number of hydrogen-bond acceptors (Lipinski definition) is 3. The van der Waals surface area contributed by atoms with Crippen LogP contribution in [0.25, 0.3) is 0 Å². The van der Waals surface area contributed by atoms with Crippen molar-refractivity contribution in [1.82, 2.24) is 10.6 Å². The normalized spacial score (nSPS) is 26.1. The van der Waals surface area contributed by atoms with E-state index in [1.54, 1.807) is 0 Å². The molecule has 1 fully saturated rings. The number of carbonyl (C=O) groups excluding carboxylic acids is 2. The Morgan fingerprint density at radius 3 is 2.55 bits per heavy atom. The zero-order chi connectivity index (χ0) is 15.1. The Balaban J connectivity index is 2.66. The van der Waals surface area contributed by atoms with E-state index in [1.807, 2.05) is 13.8 Å². The summed E-state index contributed by atoms with van der Waals surface area (Å²) in [4.78, 5) is 23.3. The maximum Gasteiger partial charge on any atom is 0.312 e. The van der Waals surface area contributed by atoms with Crippen molar-refractivity contribution in [2.45, 2.75) is 70.6 Å². The number of nitrogens with two attached hydrogens (primary N) is 1. The smallest absolute Gasteiger partial charge is 0.312 e. The van der Waals surface area contributed by atoms with Gasteiger partial charge in [0.1, 0.15) is 6.04 Å². The third-order valence-corrected chi connectivity index (χ3v) is 4.10. The van der Waals surface area contributed by atoms with E-state index in [9.17, 15) is 14.7 Å². The molecule has 0 aromatic rings. The zero-order valence-corrected chi connectivity index (χ0v) is 12.4. The first-order valence-corrected chi connectivity index (χ1v) is 7.50. The quantitative estimate of drug-likeness (QED) is 0.563. The van der Waals surface area contributed by atoms with Crippen molar-refractivity contribution >= 4 is 11.9 Å². The lowest BCUT2D eigenvalue weighted by Gasteiger charge is -2.27. The number of nitrogens with one attached hydrogen (secondary N) is 2. The summed E-state index contributed by atoms with van der Waals surface area (Å²) in [6, 6.07) is -1.58. The van der Waals surface area contributed by atoms with E-state index in [4.69, 9.17) is 5.73 Å². The van der Waals surface area contributed by atoms with Crippen LogP contribution in [0.1, 0.15) is 52.4 Å². The molecule has 0 saturated heterocycles. The predicted octanol–water partition coefficient (Wildman–Crippen LogP) is 0.879. The molecular formula is C14H27N3O3. The van der Waals surface area contributed by atoms with Gasteiger partial charge in [-0.2, -0.15) is 0 Å². The van der Waals surface area contributed by atoms with Crippen molar-refractivity contribution in [3.63, 3.8) is 0 Å². The van der Waals surface area contributed by atoms with Gasteiger partial charge >= 0.3 is 6.03 Å². The summed E-state index contributed by atoms with van der Waals surface area (Å²) in [6.07, 6.45) is 4.80. The molecule has 0 aromatic heterocycles. The van der Waals surface area contributed by atoms with Crippen LogP contribution in [0, 0.1) is 5.92 Å². The van der Waals surface area contributed by atoms with Gasteiger partial charge in [-0.25, -0.2) is 4.79 Å². The highest BCUT2D eigenvalue weighted by Gasteiger charge is 2.29. The van der Waals surface area contributed by atoms with Crippen molar-refractivity contribution in [3.05, 3.63) is 0 Å². The van der Waals surface area contributed by atoms with Crippen LogP contribution >= 0.6 is 0 Å². The van der Waals surface area contributed by atoms with E-state index in [2.05, 4.69) is 10.6 Å². The molecule has 4 atom stereocenters. The SMILES string of the molecule is CCC(C)C(NC(N)=O)C(=O)NC1CCCCCC1O. The molecule has 20 heavy (non-hydrogen) atoms. The van der Waals surface area contributed by atoms with Crippen LogP contribution in [0.5, 0.6) is 0 Å². The summed E-state index contributed by atoms with van der Waals surface area (Å²) in [5.41, 5.74) is 5.13. The van der Waals surface area contributed by atoms with Gasteiger partial charge < -0.3 is 21.5 Å². The van der Waals surface area contributed by atoms with Gasteiger partial charge in [-0.3, -0.25) is 4.79 Å². The summed E-state index contributed by atoms with van der Waals surface area (Å²) in [5.74, 6) is -0.269. The van der Waals surface area contributed by atoms with E-state index in [-0.39, 0.29) is 17.9 Å². The molecule has 1 rings (SSSR count). The highest BCUT2D eigenvalue weighted by atomic mass is 16.3. The van der Waals surface area contributed by atoms with Crippen LogP contribution < -0.4 is 16.4 Å². The molecule has 1 saturated carbocycles. The number of carbonyl (C=O) groups is 2. The molecule has 0 spiro atoms. The van der Waals surface area contributed by atoms with Gasteiger partial charge in [-0.05, 0) is 18.8 Å². The molecule has 5 N–H and O–H groups in total.